The summed E-state index contributed by atoms with van der Waals surface area (Å²) in [5.74, 6) is 1.36. The van der Waals surface area contributed by atoms with Gasteiger partial charge in [-0.2, -0.15) is 15.1 Å². The van der Waals surface area contributed by atoms with Gasteiger partial charge in [0.05, 0.1) is 38.0 Å². The highest BCUT2D eigenvalue weighted by atomic mass is 16.5. The van der Waals surface area contributed by atoms with Crippen LogP contribution in [-0.2, 0) is 18.3 Å². The molecule has 148 valence electrons. The fraction of sp³-hybridized carbons (Fsp3) is 0.300. The van der Waals surface area contributed by atoms with Crippen LogP contribution < -0.4 is 10.2 Å². The predicted octanol–water partition coefficient (Wildman–Crippen LogP) is 2.19. The second-order valence-electron chi connectivity index (χ2n) is 7.04. The smallest absolute Gasteiger partial charge is 0.229 e. The number of morpholine rings is 1. The Hall–Kier alpha value is -3.46. The van der Waals surface area contributed by atoms with Crippen molar-refractivity contribution in [3.8, 4) is 0 Å². The molecule has 9 nitrogen and oxygen atoms in total. The van der Waals surface area contributed by atoms with E-state index in [1.807, 2.05) is 40.7 Å². The Kier molecular flexibility index (Phi) is 4.57. The summed E-state index contributed by atoms with van der Waals surface area (Å²) in [6.07, 6.45) is 5.53. The average molecular weight is 390 g/mol. The SMILES string of the molecule is Cn1cnc2c(Nc3cnn(Cc4ccccc4)c3)nc(N3CCOCC3)nc21. The van der Waals surface area contributed by atoms with Crippen LogP contribution in [0.2, 0.25) is 0 Å². The lowest BCUT2D eigenvalue weighted by atomic mass is 10.2. The molecule has 1 aliphatic heterocycles. The predicted molar refractivity (Wildman–Crippen MR) is 110 cm³/mol. The summed E-state index contributed by atoms with van der Waals surface area (Å²) in [5, 5.41) is 7.84. The van der Waals surface area contributed by atoms with Crippen LogP contribution >= 0.6 is 0 Å². The molecule has 29 heavy (non-hydrogen) atoms. The van der Waals surface area contributed by atoms with E-state index in [9.17, 15) is 0 Å². The number of imidazole rings is 1. The first-order valence-electron chi connectivity index (χ1n) is 9.61. The minimum Gasteiger partial charge on any atom is -0.378 e. The van der Waals surface area contributed by atoms with Crippen LogP contribution in [0.25, 0.3) is 11.2 Å². The molecule has 4 aromatic rings. The van der Waals surface area contributed by atoms with Crippen LogP contribution in [-0.4, -0.2) is 55.6 Å². The molecule has 0 unspecified atom stereocenters. The quantitative estimate of drug-likeness (QED) is 0.559. The molecule has 0 bridgehead atoms. The number of benzene rings is 1. The number of fused-ring (bicyclic) bond motifs is 1. The van der Waals surface area contributed by atoms with Crippen molar-refractivity contribution in [2.75, 3.05) is 36.5 Å². The van der Waals surface area contributed by atoms with Gasteiger partial charge in [0, 0.05) is 26.3 Å². The van der Waals surface area contributed by atoms with E-state index in [-0.39, 0.29) is 0 Å². The van der Waals surface area contributed by atoms with Gasteiger partial charge >= 0.3 is 0 Å². The first-order chi connectivity index (χ1) is 14.3. The maximum Gasteiger partial charge on any atom is 0.229 e. The second kappa shape index (κ2) is 7.51. The number of hydrogen-bond donors (Lipinski definition) is 1. The molecular formula is C20H22N8O. The lowest BCUT2D eigenvalue weighted by Crippen LogP contribution is -2.37. The average Bonchev–Trinajstić information content (AvgIpc) is 3.36. The summed E-state index contributed by atoms with van der Waals surface area (Å²) >= 11 is 0. The van der Waals surface area contributed by atoms with Crippen LogP contribution in [0.3, 0.4) is 0 Å². The summed E-state index contributed by atoms with van der Waals surface area (Å²) in [7, 11) is 1.94. The molecule has 1 aromatic carbocycles. The molecule has 1 fully saturated rings. The Morgan fingerprint density at radius 2 is 1.93 bits per heavy atom. The van der Waals surface area contributed by atoms with Gasteiger partial charge in [-0.25, -0.2) is 4.98 Å². The minimum atomic E-state index is 0.677. The van der Waals surface area contributed by atoms with Crippen molar-refractivity contribution in [2.24, 2.45) is 7.05 Å². The number of hydrogen-bond acceptors (Lipinski definition) is 7. The zero-order chi connectivity index (χ0) is 19.6. The summed E-state index contributed by atoms with van der Waals surface area (Å²) in [6.45, 7) is 3.63. The molecule has 0 aliphatic carbocycles. The van der Waals surface area contributed by atoms with Crippen LogP contribution in [0, 0.1) is 0 Å². The number of rotatable bonds is 5. The standard InChI is InChI=1S/C20H22N8O/c1-26-14-21-17-18(24-20(25-19(17)26)27-7-9-29-10-8-27)23-16-11-22-28(13-16)12-15-5-3-2-4-6-15/h2-6,11,13-14H,7-10,12H2,1H3,(H,23,24,25). The third-order valence-corrected chi connectivity index (χ3v) is 4.93. The Labute approximate surface area is 168 Å². The number of anilines is 3. The van der Waals surface area contributed by atoms with E-state index in [0.717, 1.165) is 29.9 Å². The fourth-order valence-electron chi connectivity index (χ4n) is 3.41. The van der Waals surface area contributed by atoms with E-state index in [2.05, 4.69) is 32.4 Å². The molecule has 3 aromatic heterocycles. The van der Waals surface area contributed by atoms with E-state index in [0.29, 0.717) is 31.5 Å². The van der Waals surface area contributed by atoms with E-state index in [1.54, 1.807) is 12.5 Å². The van der Waals surface area contributed by atoms with Gasteiger partial charge in [-0.05, 0) is 5.56 Å². The minimum absolute atomic E-state index is 0.677. The molecule has 0 radical (unpaired) electrons. The number of nitrogens with one attached hydrogen (secondary N) is 1. The van der Waals surface area contributed by atoms with Crippen LogP contribution in [0.15, 0.2) is 49.1 Å². The molecule has 0 amide bonds. The first-order valence-corrected chi connectivity index (χ1v) is 9.61. The largest absolute Gasteiger partial charge is 0.378 e. The van der Waals surface area contributed by atoms with Crippen molar-refractivity contribution in [2.45, 2.75) is 6.54 Å². The molecule has 0 atom stereocenters. The summed E-state index contributed by atoms with van der Waals surface area (Å²) < 4.78 is 9.26. The maximum atomic E-state index is 5.45. The fourth-order valence-corrected chi connectivity index (χ4v) is 3.41. The number of nitrogens with zero attached hydrogens (tertiary/aromatic N) is 7. The Morgan fingerprint density at radius 1 is 1.10 bits per heavy atom. The van der Waals surface area contributed by atoms with Crippen molar-refractivity contribution in [1.82, 2.24) is 29.3 Å². The Bertz CT molecular complexity index is 1110. The van der Waals surface area contributed by atoms with E-state index < -0.39 is 0 Å². The highest BCUT2D eigenvalue weighted by Gasteiger charge is 2.19. The monoisotopic (exact) mass is 390 g/mol. The normalized spacial score (nSPS) is 14.4. The van der Waals surface area contributed by atoms with Gasteiger partial charge in [-0.15, -0.1) is 0 Å². The number of aryl methyl sites for hydroxylation is 1. The van der Waals surface area contributed by atoms with E-state index >= 15 is 0 Å². The highest BCUT2D eigenvalue weighted by Crippen LogP contribution is 2.25. The zero-order valence-corrected chi connectivity index (χ0v) is 16.2. The third kappa shape index (κ3) is 3.64. The summed E-state index contributed by atoms with van der Waals surface area (Å²) in [4.78, 5) is 16.1. The third-order valence-electron chi connectivity index (χ3n) is 4.93. The second-order valence-corrected chi connectivity index (χ2v) is 7.04. The summed E-state index contributed by atoms with van der Waals surface area (Å²) in [5.41, 5.74) is 3.59. The summed E-state index contributed by atoms with van der Waals surface area (Å²) in [6, 6.07) is 10.3. The van der Waals surface area contributed by atoms with Crippen molar-refractivity contribution in [1.29, 1.82) is 0 Å². The van der Waals surface area contributed by atoms with Gasteiger partial charge in [0.25, 0.3) is 0 Å². The van der Waals surface area contributed by atoms with Crippen molar-refractivity contribution in [3.05, 3.63) is 54.6 Å². The van der Waals surface area contributed by atoms with Crippen LogP contribution in [0.1, 0.15) is 5.56 Å². The van der Waals surface area contributed by atoms with Gasteiger partial charge in [-0.1, -0.05) is 30.3 Å². The van der Waals surface area contributed by atoms with Crippen molar-refractivity contribution >= 4 is 28.6 Å². The highest BCUT2D eigenvalue weighted by molar-refractivity contribution is 5.86. The van der Waals surface area contributed by atoms with E-state index in [4.69, 9.17) is 14.7 Å². The molecule has 4 heterocycles. The van der Waals surface area contributed by atoms with E-state index in [1.165, 1.54) is 5.56 Å². The zero-order valence-electron chi connectivity index (χ0n) is 16.2. The molecule has 0 spiro atoms. The molecule has 9 heteroatoms. The molecule has 1 aliphatic rings. The topological polar surface area (TPSA) is 85.9 Å². The lowest BCUT2D eigenvalue weighted by molar-refractivity contribution is 0.122. The molecule has 0 saturated carbocycles. The van der Waals surface area contributed by atoms with Gasteiger partial charge in [0.15, 0.2) is 17.0 Å². The number of ether oxygens (including phenoxy) is 1. The molecule has 5 rings (SSSR count). The van der Waals surface area contributed by atoms with Gasteiger partial charge in [0.1, 0.15) is 0 Å². The van der Waals surface area contributed by atoms with Crippen molar-refractivity contribution in [3.63, 3.8) is 0 Å². The van der Waals surface area contributed by atoms with Gasteiger partial charge in [-0.3, -0.25) is 4.68 Å². The van der Waals surface area contributed by atoms with Crippen LogP contribution in [0.5, 0.6) is 0 Å². The Balaban J connectivity index is 1.44. The first kappa shape index (κ1) is 17.6. The molecule has 1 N–H and O–H groups in total. The van der Waals surface area contributed by atoms with Gasteiger partial charge in [0.2, 0.25) is 5.95 Å². The lowest BCUT2D eigenvalue weighted by Gasteiger charge is -2.27. The number of aromatic nitrogens is 6. The van der Waals surface area contributed by atoms with Crippen LogP contribution in [0.4, 0.5) is 17.5 Å². The van der Waals surface area contributed by atoms with Crippen molar-refractivity contribution < 1.29 is 4.74 Å². The van der Waals surface area contributed by atoms with Gasteiger partial charge < -0.3 is 19.5 Å². The molecule has 1 saturated heterocycles. The Morgan fingerprint density at radius 3 is 2.76 bits per heavy atom. The maximum absolute atomic E-state index is 5.45. The molecular weight excluding hydrogens is 368 g/mol.